The lowest BCUT2D eigenvalue weighted by Crippen LogP contribution is -2.40. The topological polar surface area (TPSA) is 25.8 Å². The molecule has 1 fully saturated rings. The van der Waals surface area contributed by atoms with Gasteiger partial charge in [-0.15, -0.1) is 0 Å². The lowest BCUT2D eigenvalue weighted by atomic mass is 9.48. The number of hydrogen-bond donors (Lipinski definition) is 0. The molecule has 208 valence electrons. The molecule has 2 aromatic heterocycles. The zero-order valence-corrected chi connectivity index (χ0v) is 24.2. The number of nitrogens with zero attached hydrogens (tertiary/aromatic N) is 2. The SMILES string of the molecule is c1ccc([C@@H]2[C@H](c3ccccc3)[C@@H](c3ccnc4c3ccc3ccccc34)[C@H]2c2ccnc3c2ccc2ccccc23)cc1. The van der Waals surface area contributed by atoms with Gasteiger partial charge in [0, 0.05) is 33.9 Å². The normalized spacial score (nSPS) is 19.8. The van der Waals surface area contributed by atoms with Gasteiger partial charge in [-0.2, -0.15) is 0 Å². The van der Waals surface area contributed by atoms with Crippen molar-refractivity contribution in [2.24, 2.45) is 0 Å². The van der Waals surface area contributed by atoms with E-state index in [-0.39, 0.29) is 11.8 Å². The van der Waals surface area contributed by atoms with Gasteiger partial charge in [0.15, 0.2) is 0 Å². The van der Waals surface area contributed by atoms with Gasteiger partial charge in [-0.1, -0.05) is 133 Å². The Morgan fingerprint density at radius 2 is 0.727 bits per heavy atom. The van der Waals surface area contributed by atoms with Crippen LogP contribution in [0.25, 0.3) is 43.4 Å². The van der Waals surface area contributed by atoms with Gasteiger partial charge in [-0.05, 0) is 68.8 Å². The highest BCUT2D eigenvalue weighted by atomic mass is 14.7. The zero-order chi connectivity index (χ0) is 29.0. The minimum Gasteiger partial charge on any atom is -0.256 e. The Hall–Kier alpha value is -5.34. The Bertz CT molecular complexity index is 2140. The molecule has 0 spiro atoms. The van der Waals surface area contributed by atoms with E-state index in [1.54, 1.807) is 0 Å². The number of benzene rings is 6. The Balaban J connectivity index is 1.34. The van der Waals surface area contributed by atoms with Gasteiger partial charge in [0.05, 0.1) is 11.0 Å². The largest absolute Gasteiger partial charge is 0.256 e. The van der Waals surface area contributed by atoms with Crippen molar-refractivity contribution in [2.45, 2.75) is 23.7 Å². The second-order valence-corrected chi connectivity index (χ2v) is 12.1. The lowest BCUT2D eigenvalue weighted by molar-refractivity contribution is 0.231. The summed E-state index contributed by atoms with van der Waals surface area (Å²) in [6, 6.07) is 53.2. The van der Waals surface area contributed by atoms with E-state index in [4.69, 9.17) is 9.97 Å². The molecule has 0 unspecified atom stereocenters. The molecule has 44 heavy (non-hydrogen) atoms. The molecule has 0 radical (unpaired) electrons. The van der Waals surface area contributed by atoms with Crippen LogP contribution in [0.1, 0.15) is 45.9 Å². The van der Waals surface area contributed by atoms with Crippen molar-refractivity contribution in [1.29, 1.82) is 0 Å². The first-order valence-corrected chi connectivity index (χ1v) is 15.5. The van der Waals surface area contributed by atoms with E-state index < -0.39 is 0 Å². The smallest absolute Gasteiger partial charge is 0.0783 e. The van der Waals surface area contributed by atoms with Crippen LogP contribution in [-0.4, -0.2) is 9.97 Å². The molecule has 8 aromatic rings. The summed E-state index contributed by atoms with van der Waals surface area (Å²) in [5, 5.41) is 7.36. The Labute approximate surface area is 256 Å². The monoisotopic (exact) mass is 562 g/mol. The van der Waals surface area contributed by atoms with Gasteiger partial charge in [0.1, 0.15) is 0 Å². The van der Waals surface area contributed by atoms with Gasteiger partial charge in [-0.25, -0.2) is 0 Å². The van der Waals surface area contributed by atoms with E-state index in [0.717, 1.165) is 11.0 Å². The molecule has 0 N–H and O–H groups in total. The van der Waals surface area contributed by atoms with Crippen molar-refractivity contribution in [2.75, 3.05) is 0 Å². The van der Waals surface area contributed by atoms with Crippen LogP contribution in [0.15, 0.2) is 158 Å². The third-order valence-corrected chi connectivity index (χ3v) is 9.97. The highest BCUT2D eigenvalue weighted by molar-refractivity contribution is 6.07. The summed E-state index contributed by atoms with van der Waals surface area (Å²) in [5.74, 6) is 1.13. The second-order valence-electron chi connectivity index (χ2n) is 12.1. The first-order valence-electron chi connectivity index (χ1n) is 15.5. The Kier molecular flexibility index (Phi) is 5.80. The predicted molar refractivity (Wildman–Crippen MR) is 182 cm³/mol. The molecule has 6 aromatic carbocycles. The van der Waals surface area contributed by atoms with Crippen LogP contribution in [0, 0.1) is 0 Å². The van der Waals surface area contributed by atoms with Gasteiger partial charge in [0.25, 0.3) is 0 Å². The fourth-order valence-corrected chi connectivity index (χ4v) is 8.10. The first-order chi connectivity index (χ1) is 21.9. The van der Waals surface area contributed by atoms with Gasteiger partial charge in [-0.3, -0.25) is 9.97 Å². The Morgan fingerprint density at radius 1 is 0.318 bits per heavy atom. The standard InChI is InChI=1S/C42H30N2/c1-3-13-29(14-4-1)37-38(30-15-5-2-6-16-30)40(34-24-26-44-42-32-18-10-8-12-28(32)20-22-36(34)42)39(37)33-23-25-43-41-31-17-9-7-11-27(31)19-21-35(33)41/h1-26,37-40H/t37-,38+,39+,40-. The van der Waals surface area contributed by atoms with Crippen LogP contribution in [-0.2, 0) is 0 Å². The van der Waals surface area contributed by atoms with Crippen LogP contribution in [0.5, 0.6) is 0 Å². The molecule has 4 atom stereocenters. The minimum absolute atomic E-state index is 0.256. The first kappa shape index (κ1) is 25.2. The molecule has 1 saturated carbocycles. The molecule has 2 heteroatoms. The minimum atomic E-state index is 0.256. The maximum atomic E-state index is 4.96. The van der Waals surface area contributed by atoms with Gasteiger partial charge < -0.3 is 0 Å². The highest BCUT2D eigenvalue weighted by Gasteiger charge is 2.53. The summed E-state index contributed by atoms with van der Waals surface area (Å²) < 4.78 is 0. The molecule has 9 rings (SSSR count). The molecule has 0 amide bonds. The fourth-order valence-electron chi connectivity index (χ4n) is 8.10. The number of pyridine rings is 2. The maximum absolute atomic E-state index is 4.96. The summed E-state index contributed by atoms with van der Waals surface area (Å²) in [4.78, 5) is 9.92. The molecule has 0 bridgehead atoms. The Morgan fingerprint density at radius 3 is 1.18 bits per heavy atom. The molecule has 0 saturated heterocycles. The van der Waals surface area contributed by atoms with Gasteiger partial charge >= 0.3 is 0 Å². The van der Waals surface area contributed by atoms with Crippen LogP contribution < -0.4 is 0 Å². The summed E-state index contributed by atoms with van der Waals surface area (Å²) in [6.45, 7) is 0. The average Bonchev–Trinajstić information content (AvgIpc) is 3.09. The van der Waals surface area contributed by atoms with Crippen molar-refractivity contribution in [3.63, 3.8) is 0 Å². The van der Waals surface area contributed by atoms with Crippen LogP contribution in [0.4, 0.5) is 0 Å². The van der Waals surface area contributed by atoms with Crippen LogP contribution in [0.2, 0.25) is 0 Å². The highest BCUT2D eigenvalue weighted by Crippen LogP contribution is 2.67. The quantitative estimate of drug-likeness (QED) is 0.199. The second kappa shape index (κ2) is 10.1. The van der Waals surface area contributed by atoms with E-state index in [1.165, 1.54) is 54.6 Å². The molecule has 1 aliphatic rings. The van der Waals surface area contributed by atoms with E-state index in [2.05, 4.69) is 146 Å². The van der Waals surface area contributed by atoms with Crippen LogP contribution >= 0.6 is 0 Å². The summed E-state index contributed by atoms with van der Waals surface area (Å²) in [7, 11) is 0. The van der Waals surface area contributed by atoms with Crippen molar-refractivity contribution in [3.05, 3.63) is 180 Å². The summed E-state index contributed by atoms with van der Waals surface area (Å²) >= 11 is 0. The third kappa shape index (κ3) is 3.81. The fraction of sp³-hybridized carbons (Fsp3) is 0.0952. The molecule has 2 nitrogen and oxygen atoms in total. The third-order valence-electron chi connectivity index (χ3n) is 9.97. The number of rotatable bonds is 4. The average molecular weight is 563 g/mol. The maximum Gasteiger partial charge on any atom is 0.0783 e. The molecule has 1 aliphatic carbocycles. The predicted octanol–water partition coefficient (Wildman–Crippen LogP) is 10.5. The van der Waals surface area contributed by atoms with Crippen molar-refractivity contribution < 1.29 is 0 Å². The molecular formula is C42H30N2. The van der Waals surface area contributed by atoms with E-state index >= 15 is 0 Å². The molecule has 0 aliphatic heterocycles. The zero-order valence-electron chi connectivity index (χ0n) is 24.2. The number of aromatic nitrogens is 2. The van der Waals surface area contributed by atoms with E-state index in [0.29, 0.717) is 11.8 Å². The van der Waals surface area contributed by atoms with Crippen molar-refractivity contribution in [1.82, 2.24) is 9.97 Å². The lowest BCUT2D eigenvalue weighted by Gasteiger charge is -2.54. The van der Waals surface area contributed by atoms with Crippen LogP contribution in [0.3, 0.4) is 0 Å². The number of hydrogen-bond acceptors (Lipinski definition) is 2. The molecular weight excluding hydrogens is 532 g/mol. The summed E-state index contributed by atoms with van der Waals surface area (Å²) in [5.41, 5.74) is 7.68. The van der Waals surface area contributed by atoms with Crippen molar-refractivity contribution in [3.8, 4) is 0 Å². The summed E-state index contributed by atoms with van der Waals surface area (Å²) in [6.07, 6.45) is 4.05. The van der Waals surface area contributed by atoms with E-state index in [1.807, 2.05) is 12.4 Å². The molecule has 2 heterocycles. The van der Waals surface area contributed by atoms with Gasteiger partial charge in [0.2, 0.25) is 0 Å². The number of fused-ring (bicyclic) bond motifs is 6. The van der Waals surface area contributed by atoms with Crippen molar-refractivity contribution >= 4 is 43.4 Å². The van der Waals surface area contributed by atoms with E-state index in [9.17, 15) is 0 Å².